The molecule has 0 radical (unpaired) electrons. The number of methoxy groups -OCH3 is 1. The Bertz CT molecular complexity index is 959. The van der Waals surface area contributed by atoms with Gasteiger partial charge in [-0.3, -0.25) is 0 Å². The van der Waals surface area contributed by atoms with E-state index >= 15 is 0 Å². The van der Waals surface area contributed by atoms with E-state index in [0.717, 1.165) is 22.6 Å². The van der Waals surface area contributed by atoms with Gasteiger partial charge in [0.2, 0.25) is 0 Å². The van der Waals surface area contributed by atoms with Crippen LogP contribution in [0, 0.1) is 13.8 Å². The number of anilines is 1. The second-order valence-corrected chi connectivity index (χ2v) is 5.78. The maximum Gasteiger partial charge on any atom is 0.336 e. The number of rotatable bonds is 4. The molecule has 0 atom stereocenters. The largest absolute Gasteiger partial charge is 0.508 e. The van der Waals surface area contributed by atoms with Crippen LogP contribution < -0.4 is 15.7 Å². The van der Waals surface area contributed by atoms with E-state index in [9.17, 15) is 9.90 Å². The van der Waals surface area contributed by atoms with Crippen LogP contribution in [-0.4, -0.2) is 12.2 Å². The summed E-state index contributed by atoms with van der Waals surface area (Å²) in [4.78, 5) is 11.8. The van der Waals surface area contributed by atoms with E-state index in [1.54, 1.807) is 26.2 Å². The highest BCUT2D eigenvalue weighted by Gasteiger charge is 2.10. The summed E-state index contributed by atoms with van der Waals surface area (Å²) in [6, 6.07) is 10.6. The van der Waals surface area contributed by atoms with Gasteiger partial charge in [0.15, 0.2) is 0 Å². The molecule has 0 saturated heterocycles. The number of fused-ring (bicyclic) bond motifs is 1. The lowest BCUT2D eigenvalue weighted by Gasteiger charge is -2.13. The van der Waals surface area contributed by atoms with Gasteiger partial charge in [-0.05, 0) is 54.8 Å². The normalized spacial score (nSPS) is 10.8. The molecule has 3 aromatic rings. The highest BCUT2D eigenvalue weighted by atomic mass is 16.5. The van der Waals surface area contributed by atoms with Gasteiger partial charge in [-0.2, -0.15) is 0 Å². The molecule has 0 amide bonds. The number of hydrogen-bond donors (Lipinski definition) is 2. The smallest absolute Gasteiger partial charge is 0.336 e. The van der Waals surface area contributed by atoms with Crippen LogP contribution in [0.5, 0.6) is 11.5 Å². The van der Waals surface area contributed by atoms with E-state index in [2.05, 4.69) is 5.32 Å². The predicted molar refractivity (Wildman–Crippen MR) is 93.9 cm³/mol. The van der Waals surface area contributed by atoms with Crippen molar-refractivity contribution in [1.29, 1.82) is 0 Å². The highest BCUT2D eigenvalue weighted by Crippen LogP contribution is 2.28. The third kappa shape index (κ3) is 3.06. The van der Waals surface area contributed by atoms with E-state index in [0.29, 0.717) is 23.1 Å². The first-order valence-corrected chi connectivity index (χ1v) is 7.63. The number of hydrogen-bond acceptors (Lipinski definition) is 5. The number of benzene rings is 2. The average Bonchev–Trinajstić information content (AvgIpc) is 2.54. The molecule has 1 aromatic heterocycles. The molecule has 0 aliphatic carbocycles. The molecule has 1 heterocycles. The Labute approximate surface area is 139 Å². The summed E-state index contributed by atoms with van der Waals surface area (Å²) < 4.78 is 10.6. The van der Waals surface area contributed by atoms with Crippen LogP contribution in [0.3, 0.4) is 0 Å². The van der Waals surface area contributed by atoms with Gasteiger partial charge in [-0.25, -0.2) is 4.79 Å². The number of aromatic hydroxyl groups is 1. The fourth-order valence-corrected chi connectivity index (χ4v) is 2.66. The van der Waals surface area contributed by atoms with Crippen LogP contribution in [0.15, 0.2) is 45.6 Å². The molecule has 2 N–H and O–H groups in total. The van der Waals surface area contributed by atoms with Crippen molar-refractivity contribution >= 4 is 16.7 Å². The second kappa shape index (κ2) is 6.28. The van der Waals surface area contributed by atoms with E-state index in [4.69, 9.17) is 9.15 Å². The summed E-state index contributed by atoms with van der Waals surface area (Å²) in [5.41, 5.74) is 3.40. The van der Waals surface area contributed by atoms with Crippen molar-refractivity contribution in [1.82, 2.24) is 0 Å². The maximum atomic E-state index is 11.8. The van der Waals surface area contributed by atoms with Crippen LogP contribution in [0.2, 0.25) is 0 Å². The summed E-state index contributed by atoms with van der Waals surface area (Å²) >= 11 is 0. The first-order chi connectivity index (χ1) is 11.5. The highest BCUT2D eigenvalue weighted by molar-refractivity contribution is 5.83. The Kier molecular flexibility index (Phi) is 4.16. The summed E-state index contributed by atoms with van der Waals surface area (Å²) in [6.07, 6.45) is 0. The van der Waals surface area contributed by atoms with Crippen LogP contribution in [0.1, 0.15) is 16.7 Å². The minimum Gasteiger partial charge on any atom is -0.508 e. The van der Waals surface area contributed by atoms with Gasteiger partial charge in [0.05, 0.1) is 12.8 Å². The minimum absolute atomic E-state index is 0.172. The van der Waals surface area contributed by atoms with Crippen molar-refractivity contribution in [2.75, 3.05) is 12.4 Å². The predicted octanol–water partition coefficient (Wildman–Crippen LogP) is 3.74. The molecule has 5 heteroatoms. The maximum absolute atomic E-state index is 11.8. The average molecular weight is 325 g/mol. The van der Waals surface area contributed by atoms with E-state index in [1.807, 2.05) is 25.1 Å². The fourth-order valence-electron chi connectivity index (χ4n) is 2.66. The molecule has 0 fully saturated rings. The standard InChI is InChI=1S/C19H19NO4/c1-11-4-5-17(23-3)15(6-11)20-10-13-8-19(22)24-18-7-12(2)16(21)9-14(13)18/h4-9,20-21H,10H2,1-3H3. The Balaban J connectivity index is 2.00. The van der Waals surface area contributed by atoms with Crippen LogP contribution in [-0.2, 0) is 6.54 Å². The lowest BCUT2D eigenvalue weighted by Crippen LogP contribution is -2.07. The quantitative estimate of drug-likeness (QED) is 0.715. The van der Waals surface area contributed by atoms with Gasteiger partial charge in [0.1, 0.15) is 17.1 Å². The number of ether oxygens (including phenoxy) is 1. The Hall–Kier alpha value is -2.95. The summed E-state index contributed by atoms with van der Waals surface area (Å²) in [6.45, 7) is 4.17. The lowest BCUT2D eigenvalue weighted by atomic mass is 10.1. The Morgan fingerprint density at radius 3 is 2.71 bits per heavy atom. The Morgan fingerprint density at radius 2 is 1.96 bits per heavy atom. The first kappa shape index (κ1) is 15.9. The number of aryl methyl sites for hydroxylation is 2. The zero-order chi connectivity index (χ0) is 17.3. The topological polar surface area (TPSA) is 71.7 Å². The van der Waals surface area contributed by atoms with Gasteiger partial charge < -0.3 is 19.6 Å². The molecule has 5 nitrogen and oxygen atoms in total. The second-order valence-electron chi connectivity index (χ2n) is 5.78. The molecule has 0 aliphatic rings. The summed E-state index contributed by atoms with van der Waals surface area (Å²) in [5.74, 6) is 0.900. The molecule has 0 aliphatic heterocycles. The third-order valence-corrected chi connectivity index (χ3v) is 3.97. The summed E-state index contributed by atoms with van der Waals surface area (Å²) in [7, 11) is 1.61. The van der Waals surface area contributed by atoms with Crippen molar-refractivity contribution in [3.8, 4) is 11.5 Å². The molecule has 0 unspecified atom stereocenters. The molecule has 0 spiro atoms. The minimum atomic E-state index is -0.416. The van der Waals surface area contributed by atoms with E-state index < -0.39 is 5.63 Å². The van der Waals surface area contributed by atoms with Gasteiger partial charge in [-0.1, -0.05) is 6.07 Å². The molecular formula is C19H19NO4. The third-order valence-electron chi connectivity index (χ3n) is 3.97. The number of phenolic OH excluding ortho intramolecular Hbond substituents is 1. The van der Waals surface area contributed by atoms with Crippen molar-refractivity contribution in [2.45, 2.75) is 20.4 Å². The Morgan fingerprint density at radius 1 is 1.17 bits per heavy atom. The zero-order valence-electron chi connectivity index (χ0n) is 13.8. The number of phenols is 1. The van der Waals surface area contributed by atoms with Gasteiger partial charge >= 0.3 is 5.63 Å². The van der Waals surface area contributed by atoms with Crippen molar-refractivity contribution < 1.29 is 14.3 Å². The zero-order valence-corrected chi connectivity index (χ0v) is 13.8. The molecular weight excluding hydrogens is 306 g/mol. The first-order valence-electron chi connectivity index (χ1n) is 7.63. The van der Waals surface area contributed by atoms with Crippen LogP contribution in [0.25, 0.3) is 11.0 Å². The molecule has 0 saturated carbocycles. The van der Waals surface area contributed by atoms with Gasteiger partial charge in [0, 0.05) is 18.0 Å². The van der Waals surface area contributed by atoms with E-state index in [-0.39, 0.29) is 5.75 Å². The van der Waals surface area contributed by atoms with Crippen molar-refractivity contribution in [3.05, 3.63) is 63.5 Å². The van der Waals surface area contributed by atoms with Gasteiger partial charge in [-0.15, -0.1) is 0 Å². The SMILES string of the molecule is COc1ccc(C)cc1NCc1cc(=O)oc2cc(C)c(O)cc12. The lowest BCUT2D eigenvalue weighted by molar-refractivity contribution is 0.416. The van der Waals surface area contributed by atoms with Crippen molar-refractivity contribution in [2.24, 2.45) is 0 Å². The monoisotopic (exact) mass is 325 g/mol. The van der Waals surface area contributed by atoms with Crippen LogP contribution >= 0.6 is 0 Å². The number of nitrogens with one attached hydrogen (secondary N) is 1. The molecule has 3 rings (SSSR count). The van der Waals surface area contributed by atoms with Gasteiger partial charge in [0.25, 0.3) is 0 Å². The fraction of sp³-hybridized carbons (Fsp3) is 0.211. The molecule has 0 bridgehead atoms. The molecule has 2 aromatic carbocycles. The molecule has 124 valence electrons. The van der Waals surface area contributed by atoms with Crippen LogP contribution in [0.4, 0.5) is 5.69 Å². The van der Waals surface area contributed by atoms with Crippen molar-refractivity contribution in [3.63, 3.8) is 0 Å². The van der Waals surface area contributed by atoms with E-state index in [1.165, 1.54) is 6.07 Å². The molecule has 24 heavy (non-hydrogen) atoms. The summed E-state index contributed by atoms with van der Waals surface area (Å²) in [5, 5.41) is 13.9.